The summed E-state index contributed by atoms with van der Waals surface area (Å²) in [5, 5.41) is 0. The molecule has 0 aromatic heterocycles. The number of rotatable bonds is 1. The molecule has 0 amide bonds. The molecule has 2 nitrogen and oxygen atoms in total. The molecule has 16 heavy (non-hydrogen) atoms. The van der Waals surface area contributed by atoms with Crippen molar-refractivity contribution in [3.05, 3.63) is 29.3 Å². The number of hydrogen-bond acceptors (Lipinski definition) is 2. The van der Waals surface area contributed by atoms with Crippen molar-refractivity contribution in [3.63, 3.8) is 0 Å². The fourth-order valence-corrected chi connectivity index (χ4v) is 3.22. The summed E-state index contributed by atoms with van der Waals surface area (Å²) in [5.41, 5.74) is 9.78. The Hall–Kier alpha value is -1.02. The van der Waals surface area contributed by atoms with E-state index in [1.165, 1.54) is 56.3 Å². The molecule has 1 aromatic carbocycles. The van der Waals surface area contributed by atoms with Gasteiger partial charge >= 0.3 is 0 Å². The molecule has 0 saturated carbocycles. The van der Waals surface area contributed by atoms with E-state index in [0.717, 1.165) is 5.69 Å². The minimum Gasteiger partial charge on any atom is -0.399 e. The van der Waals surface area contributed by atoms with Crippen LogP contribution in [-0.2, 0) is 6.42 Å². The van der Waals surface area contributed by atoms with E-state index in [9.17, 15) is 0 Å². The molecule has 1 heterocycles. The Morgan fingerprint density at radius 3 is 2.75 bits per heavy atom. The maximum atomic E-state index is 5.84. The quantitative estimate of drug-likeness (QED) is 0.731. The van der Waals surface area contributed by atoms with Crippen molar-refractivity contribution >= 4 is 5.69 Å². The molecular formula is C14H20N2. The summed E-state index contributed by atoms with van der Waals surface area (Å²) in [7, 11) is 0. The Morgan fingerprint density at radius 1 is 1.12 bits per heavy atom. The molecule has 1 unspecified atom stereocenters. The first-order valence-corrected chi connectivity index (χ1v) is 6.47. The fraction of sp³-hybridized carbons (Fsp3) is 0.571. The minimum atomic E-state index is 0.677. The third-order valence-corrected chi connectivity index (χ3v) is 4.04. The average Bonchev–Trinajstić information content (AvgIpc) is 2.73. The van der Waals surface area contributed by atoms with Gasteiger partial charge in [-0.15, -0.1) is 0 Å². The Bertz CT molecular complexity index is 380. The monoisotopic (exact) mass is 216 g/mol. The molecule has 1 aromatic rings. The van der Waals surface area contributed by atoms with E-state index in [1.807, 2.05) is 0 Å². The summed E-state index contributed by atoms with van der Waals surface area (Å²) < 4.78 is 0. The molecule has 86 valence electrons. The standard InChI is InChI=1S/C14H20N2/c15-12-5-6-13-11(10-12)4-7-14(13)16-8-2-1-3-9-16/h5-6,10,14H,1-4,7-9,15H2. The normalized spacial score (nSPS) is 25.6. The van der Waals surface area contributed by atoms with Crippen LogP contribution in [-0.4, -0.2) is 18.0 Å². The number of nitrogens with two attached hydrogens (primary N) is 1. The second-order valence-electron chi connectivity index (χ2n) is 5.11. The highest BCUT2D eigenvalue weighted by molar-refractivity contribution is 5.47. The van der Waals surface area contributed by atoms with Gasteiger partial charge in [0.25, 0.3) is 0 Å². The summed E-state index contributed by atoms with van der Waals surface area (Å²) >= 11 is 0. The first-order valence-electron chi connectivity index (χ1n) is 6.47. The SMILES string of the molecule is Nc1ccc2c(c1)CCC2N1CCCCC1. The van der Waals surface area contributed by atoms with Crippen molar-refractivity contribution in [1.82, 2.24) is 4.90 Å². The van der Waals surface area contributed by atoms with Crippen LogP contribution in [0.4, 0.5) is 5.69 Å². The number of fused-ring (bicyclic) bond motifs is 1. The predicted molar refractivity (Wildman–Crippen MR) is 67.3 cm³/mol. The zero-order chi connectivity index (χ0) is 11.0. The lowest BCUT2D eigenvalue weighted by molar-refractivity contribution is 0.163. The van der Waals surface area contributed by atoms with Crippen LogP contribution in [0, 0.1) is 0 Å². The van der Waals surface area contributed by atoms with Crippen molar-refractivity contribution in [1.29, 1.82) is 0 Å². The van der Waals surface area contributed by atoms with E-state index in [-0.39, 0.29) is 0 Å². The highest BCUT2D eigenvalue weighted by Crippen LogP contribution is 2.37. The second-order valence-corrected chi connectivity index (χ2v) is 5.11. The molecule has 3 rings (SSSR count). The van der Waals surface area contributed by atoms with E-state index in [4.69, 9.17) is 5.73 Å². The van der Waals surface area contributed by atoms with Crippen molar-refractivity contribution in [2.24, 2.45) is 0 Å². The van der Waals surface area contributed by atoms with Crippen LogP contribution < -0.4 is 5.73 Å². The Balaban J connectivity index is 1.84. The summed E-state index contributed by atoms with van der Waals surface area (Å²) in [6.45, 7) is 2.57. The first-order chi connectivity index (χ1) is 7.84. The first kappa shape index (κ1) is 10.2. The van der Waals surface area contributed by atoms with Crippen LogP contribution in [0.5, 0.6) is 0 Å². The number of benzene rings is 1. The zero-order valence-electron chi connectivity index (χ0n) is 9.78. The lowest BCUT2D eigenvalue weighted by atomic mass is 10.0. The largest absolute Gasteiger partial charge is 0.399 e. The van der Waals surface area contributed by atoms with Crippen LogP contribution >= 0.6 is 0 Å². The number of piperidine rings is 1. The maximum Gasteiger partial charge on any atom is 0.0354 e. The second kappa shape index (κ2) is 4.10. The van der Waals surface area contributed by atoms with Gasteiger partial charge in [0.15, 0.2) is 0 Å². The van der Waals surface area contributed by atoms with Crippen molar-refractivity contribution in [2.75, 3.05) is 18.8 Å². The summed E-state index contributed by atoms with van der Waals surface area (Å²) in [4.78, 5) is 2.67. The van der Waals surface area contributed by atoms with Crippen LogP contribution in [0.15, 0.2) is 18.2 Å². The number of anilines is 1. The van der Waals surface area contributed by atoms with Crippen LogP contribution in [0.1, 0.15) is 42.9 Å². The molecule has 1 aliphatic heterocycles. The molecule has 1 fully saturated rings. The Kier molecular flexibility index (Phi) is 2.60. The van der Waals surface area contributed by atoms with Gasteiger partial charge in [0.2, 0.25) is 0 Å². The van der Waals surface area contributed by atoms with Gasteiger partial charge in [-0.2, -0.15) is 0 Å². The van der Waals surface area contributed by atoms with Crippen LogP contribution in [0.2, 0.25) is 0 Å². The van der Waals surface area contributed by atoms with Gasteiger partial charge in [-0.3, -0.25) is 4.90 Å². The fourth-order valence-electron chi connectivity index (χ4n) is 3.22. The summed E-state index contributed by atoms with van der Waals surface area (Å²) in [6.07, 6.45) is 6.67. The van der Waals surface area contributed by atoms with E-state index >= 15 is 0 Å². The Morgan fingerprint density at radius 2 is 1.94 bits per heavy atom. The van der Waals surface area contributed by atoms with E-state index in [0.29, 0.717) is 6.04 Å². The van der Waals surface area contributed by atoms with E-state index in [1.54, 1.807) is 0 Å². The molecule has 0 radical (unpaired) electrons. The Labute approximate surface area is 97.4 Å². The van der Waals surface area contributed by atoms with Crippen LogP contribution in [0.25, 0.3) is 0 Å². The molecule has 0 spiro atoms. The highest BCUT2D eigenvalue weighted by atomic mass is 15.2. The number of nitrogen functional groups attached to an aromatic ring is 1. The molecule has 1 aliphatic carbocycles. The van der Waals surface area contributed by atoms with Gasteiger partial charge < -0.3 is 5.73 Å². The lowest BCUT2D eigenvalue weighted by Gasteiger charge is -2.32. The van der Waals surface area contributed by atoms with Crippen LogP contribution in [0.3, 0.4) is 0 Å². The number of likely N-dealkylation sites (tertiary alicyclic amines) is 1. The number of nitrogens with zero attached hydrogens (tertiary/aromatic N) is 1. The topological polar surface area (TPSA) is 29.3 Å². The third-order valence-electron chi connectivity index (χ3n) is 4.04. The smallest absolute Gasteiger partial charge is 0.0354 e. The van der Waals surface area contributed by atoms with Gasteiger partial charge in [-0.1, -0.05) is 12.5 Å². The van der Waals surface area contributed by atoms with E-state index in [2.05, 4.69) is 23.1 Å². The predicted octanol–water partition coefficient (Wildman–Crippen LogP) is 2.74. The summed E-state index contributed by atoms with van der Waals surface area (Å²) in [6, 6.07) is 7.15. The zero-order valence-corrected chi connectivity index (χ0v) is 9.78. The van der Waals surface area contributed by atoms with Crippen molar-refractivity contribution in [2.45, 2.75) is 38.1 Å². The van der Waals surface area contributed by atoms with Gasteiger partial charge in [-0.05, 0) is 62.0 Å². The molecule has 1 atom stereocenters. The van der Waals surface area contributed by atoms with Crippen molar-refractivity contribution in [3.8, 4) is 0 Å². The minimum absolute atomic E-state index is 0.677. The van der Waals surface area contributed by atoms with Crippen molar-refractivity contribution < 1.29 is 0 Å². The number of hydrogen-bond donors (Lipinski definition) is 1. The maximum absolute atomic E-state index is 5.84. The van der Waals surface area contributed by atoms with Gasteiger partial charge in [0, 0.05) is 11.7 Å². The van der Waals surface area contributed by atoms with Gasteiger partial charge in [0.05, 0.1) is 0 Å². The molecule has 0 bridgehead atoms. The summed E-state index contributed by atoms with van der Waals surface area (Å²) in [5.74, 6) is 0. The lowest BCUT2D eigenvalue weighted by Crippen LogP contribution is -2.32. The molecule has 1 saturated heterocycles. The van der Waals surface area contributed by atoms with Gasteiger partial charge in [-0.25, -0.2) is 0 Å². The molecule has 2 N–H and O–H groups in total. The molecule has 2 heteroatoms. The molecule has 2 aliphatic rings. The van der Waals surface area contributed by atoms with Gasteiger partial charge in [0.1, 0.15) is 0 Å². The highest BCUT2D eigenvalue weighted by Gasteiger charge is 2.28. The molecular weight excluding hydrogens is 196 g/mol. The average molecular weight is 216 g/mol. The van der Waals surface area contributed by atoms with E-state index < -0.39 is 0 Å². The third kappa shape index (κ3) is 1.71. The number of aryl methyl sites for hydroxylation is 1.